The molecule has 0 aliphatic rings. The largest absolute Gasteiger partial charge is 0.345 e. The maximum Gasteiger partial charge on any atom is 0.138 e. The standard InChI is InChI=1S/C10H9BrN2/c1-7-2-3-9(11)8(6-7)10-12-4-5-13-10/h2-6H,1H3,(H,12,13). The summed E-state index contributed by atoms with van der Waals surface area (Å²) in [6, 6.07) is 6.20. The Hall–Kier alpha value is -1.09. The van der Waals surface area contributed by atoms with E-state index in [-0.39, 0.29) is 0 Å². The van der Waals surface area contributed by atoms with E-state index in [2.05, 4.69) is 45.0 Å². The third-order valence-electron chi connectivity index (χ3n) is 1.88. The van der Waals surface area contributed by atoms with Crippen LogP contribution >= 0.6 is 15.9 Å². The molecule has 0 saturated heterocycles. The fraction of sp³-hybridized carbons (Fsp3) is 0.100. The second-order valence-electron chi connectivity index (χ2n) is 2.92. The van der Waals surface area contributed by atoms with Gasteiger partial charge in [-0.25, -0.2) is 4.98 Å². The van der Waals surface area contributed by atoms with Crippen LogP contribution in [-0.4, -0.2) is 9.97 Å². The van der Waals surface area contributed by atoms with E-state index in [1.165, 1.54) is 5.56 Å². The van der Waals surface area contributed by atoms with Crippen molar-refractivity contribution in [1.82, 2.24) is 9.97 Å². The molecule has 0 fully saturated rings. The molecule has 0 spiro atoms. The van der Waals surface area contributed by atoms with Gasteiger partial charge in [0.2, 0.25) is 0 Å². The molecule has 2 rings (SSSR count). The number of nitrogens with zero attached hydrogens (tertiary/aromatic N) is 1. The monoisotopic (exact) mass is 236 g/mol. The van der Waals surface area contributed by atoms with Gasteiger partial charge in [0.05, 0.1) is 0 Å². The van der Waals surface area contributed by atoms with Crippen molar-refractivity contribution < 1.29 is 0 Å². The summed E-state index contributed by atoms with van der Waals surface area (Å²) < 4.78 is 1.06. The Labute approximate surface area is 85.1 Å². The molecule has 0 radical (unpaired) electrons. The van der Waals surface area contributed by atoms with Gasteiger partial charge in [-0.05, 0) is 19.1 Å². The smallest absolute Gasteiger partial charge is 0.138 e. The molecular formula is C10H9BrN2. The first-order valence-electron chi connectivity index (χ1n) is 4.03. The highest BCUT2D eigenvalue weighted by Crippen LogP contribution is 2.26. The molecule has 0 aliphatic carbocycles. The Morgan fingerprint density at radius 1 is 1.38 bits per heavy atom. The van der Waals surface area contributed by atoms with Crippen molar-refractivity contribution in [3.05, 3.63) is 40.6 Å². The van der Waals surface area contributed by atoms with Crippen LogP contribution in [0.15, 0.2) is 35.1 Å². The molecular weight excluding hydrogens is 228 g/mol. The number of imidazole rings is 1. The zero-order chi connectivity index (χ0) is 9.26. The average molecular weight is 237 g/mol. The number of aryl methyl sites for hydroxylation is 1. The predicted octanol–water partition coefficient (Wildman–Crippen LogP) is 3.15. The first-order valence-corrected chi connectivity index (χ1v) is 4.82. The van der Waals surface area contributed by atoms with Gasteiger partial charge in [0.1, 0.15) is 5.82 Å². The number of H-pyrrole nitrogens is 1. The van der Waals surface area contributed by atoms with Crippen LogP contribution in [0, 0.1) is 6.92 Å². The SMILES string of the molecule is Cc1ccc(Br)c(-c2ncc[nH]2)c1. The molecule has 3 heteroatoms. The van der Waals surface area contributed by atoms with Gasteiger partial charge in [0.15, 0.2) is 0 Å². The van der Waals surface area contributed by atoms with E-state index in [1.807, 2.05) is 12.3 Å². The molecule has 1 heterocycles. The van der Waals surface area contributed by atoms with E-state index in [4.69, 9.17) is 0 Å². The van der Waals surface area contributed by atoms with E-state index >= 15 is 0 Å². The number of halogens is 1. The molecule has 1 aromatic heterocycles. The van der Waals surface area contributed by atoms with E-state index < -0.39 is 0 Å². The summed E-state index contributed by atoms with van der Waals surface area (Å²) in [4.78, 5) is 7.28. The van der Waals surface area contributed by atoms with Crippen LogP contribution in [0.25, 0.3) is 11.4 Å². The first kappa shape index (κ1) is 8.51. The van der Waals surface area contributed by atoms with Gasteiger partial charge in [-0.3, -0.25) is 0 Å². The van der Waals surface area contributed by atoms with Crippen LogP contribution in [0.1, 0.15) is 5.56 Å². The zero-order valence-electron chi connectivity index (χ0n) is 7.21. The van der Waals surface area contributed by atoms with Crippen molar-refractivity contribution in [3.8, 4) is 11.4 Å². The Morgan fingerprint density at radius 2 is 2.23 bits per heavy atom. The second-order valence-corrected chi connectivity index (χ2v) is 3.78. The van der Waals surface area contributed by atoms with Crippen LogP contribution in [0.5, 0.6) is 0 Å². The number of aromatic amines is 1. The molecule has 0 aliphatic heterocycles. The molecule has 13 heavy (non-hydrogen) atoms. The Kier molecular flexibility index (Phi) is 2.19. The van der Waals surface area contributed by atoms with Gasteiger partial charge >= 0.3 is 0 Å². The molecule has 0 bridgehead atoms. The van der Waals surface area contributed by atoms with Gasteiger partial charge in [-0.1, -0.05) is 27.6 Å². The van der Waals surface area contributed by atoms with Gasteiger partial charge in [-0.2, -0.15) is 0 Å². The van der Waals surface area contributed by atoms with Crippen molar-refractivity contribution in [2.45, 2.75) is 6.92 Å². The van der Waals surface area contributed by atoms with Crippen LogP contribution in [0.2, 0.25) is 0 Å². The molecule has 0 amide bonds. The van der Waals surface area contributed by atoms with E-state index in [1.54, 1.807) is 6.20 Å². The number of rotatable bonds is 1. The average Bonchev–Trinajstić information content (AvgIpc) is 2.61. The van der Waals surface area contributed by atoms with Gasteiger partial charge < -0.3 is 4.98 Å². The van der Waals surface area contributed by atoms with E-state index in [9.17, 15) is 0 Å². The number of nitrogens with one attached hydrogen (secondary N) is 1. The maximum atomic E-state index is 4.20. The van der Waals surface area contributed by atoms with Gasteiger partial charge in [0, 0.05) is 22.4 Å². The number of aromatic nitrogens is 2. The van der Waals surface area contributed by atoms with Gasteiger partial charge in [0.25, 0.3) is 0 Å². The Bertz CT molecular complexity index is 407. The lowest BCUT2D eigenvalue weighted by Gasteiger charge is -2.01. The quantitative estimate of drug-likeness (QED) is 0.810. The highest BCUT2D eigenvalue weighted by atomic mass is 79.9. The lowest BCUT2D eigenvalue weighted by molar-refractivity contribution is 1.29. The maximum absolute atomic E-state index is 4.20. The molecule has 0 atom stereocenters. The summed E-state index contributed by atoms with van der Waals surface area (Å²) in [5, 5.41) is 0. The van der Waals surface area contributed by atoms with Crippen LogP contribution in [0.4, 0.5) is 0 Å². The number of hydrogen-bond donors (Lipinski definition) is 1. The third-order valence-corrected chi connectivity index (χ3v) is 2.57. The highest BCUT2D eigenvalue weighted by molar-refractivity contribution is 9.10. The fourth-order valence-corrected chi connectivity index (χ4v) is 1.67. The molecule has 1 N–H and O–H groups in total. The summed E-state index contributed by atoms with van der Waals surface area (Å²) in [5.74, 6) is 0.899. The predicted molar refractivity (Wildman–Crippen MR) is 56.5 cm³/mol. The minimum absolute atomic E-state index is 0.899. The highest BCUT2D eigenvalue weighted by Gasteiger charge is 2.04. The zero-order valence-corrected chi connectivity index (χ0v) is 8.80. The summed E-state index contributed by atoms with van der Waals surface area (Å²) in [5.41, 5.74) is 2.33. The molecule has 2 aromatic rings. The summed E-state index contributed by atoms with van der Waals surface area (Å²) in [7, 11) is 0. The summed E-state index contributed by atoms with van der Waals surface area (Å²) in [6.07, 6.45) is 3.58. The van der Waals surface area contributed by atoms with Crippen molar-refractivity contribution in [2.75, 3.05) is 0 Å². The van der Waals surface area contributed by atoms with Crippen molar-refractivity contribution >= 4 is 15.9 Å². The number of benzene rings is 1. The summed E-state index contributed by atoms with van der Waals surface area (Å²) >= 11 is 3.49. The van der Waals surface area contributed by atoms with Crippen LogP contribution < -0.4 is 0 Å². The topological polar surface area (TPSA) is 28.7 Å². The minimum Gasteiger partial charge on any atom is -0.345 e. The molecule has 0 saturated carbocycles. The molecule has 1 aromatic carbocycles. The fourth-order valence-electron chi connectivity index (χ4n) is 1.23. The van der Waals surface area contributed by atoms with Crippen LogP contribution in [0.3, 0.4) is 0 Å². The molecule has 0 unspecified atom stereocenters. The lowest BCUT2D eigenvalue weighted by atomic mass is 10.1. The van der Waals surface area contributed by atoms with Crippen molar-refractivity contribution in [1.29, 1.82) is 0 Å². The number of hydrogen-bond acceptors (Lipinski definition) is 1. The molecule has 2 nitrogen and oxygen atoms in total. The van der Waals surface area contributed by atoms with Crippen molar-refractivity contribution in [3.63, 3.8) is 0 Å². The minimum atomic E-state index is 0.899. The van der Waals surface area contributed by atoms with Crippen LogP contribution in [-0.2, 0) is 0 Å². The first-order chi connectivity index (χ1) is 6.27. The van der Waals surface area contributed by atoms with Gasteiger partial charge in [-0.15, -0.1) is 0 Å². The Balaban J connectivity index is 2.57. The Morgan fingerprint density at radius 3 is 2.92 bits per heavy atom. The normalized spacial score (nSPS) is 10.3. The second kappa shape index (κ2) is 3.34. The van der Waals surface area contributed by atoms with Crippen molar-refractivity contribution in [2.24, 2.45) is 0 Å². The lowest BCUT2D eigenvalue weighted by Crippen LogP contribution is -1.83. The molecule has 66 valence electrons. The van der Waals surface area contributed by atoms with E-state index in [0.29, 0.717) is 0 Å². The third kappa shape index (κ3) is 1.65. The van der Waals surface area contributed by atoms with E-state index in [0.717, 1.165) is 15.9 Å². The summed E-state index contributed by atoms with van der Waals surface area (Å²) in [6.45, 7) is 2.07.